The molecule has 0 atom stereocenters. The lowest BCUT2D eigenvalue weighted by Crippen LogP contribution is -2.14. The van der Waals surface area contributed by atoms with Crippen LogP contribution in [0.5, 0.6) is 0 Å². The predicted molar refractivity (Wildman–Crippen MR) is 78.5 cm³/mol. The van der Waals surface area contributed by atoms with Gasteiger partial charge in [0.05, 0.1) is 11.3 Å². The highest BCUT2D eigenvalue weighted by Gasteiger charge is 2.14. The molecular weight excluding hydrogens is 374 g/mol. The Kier molecular flexibility index (Phi) is 4.42. The number of hydrogen-bond acceptors (Lipinski definition) is 4. The van der Waals surface area contributed by atoms with Gasteiger partial charge in [0.25, 0.3) is 5.91 Å². The second-order valence-corrected chi connectivity index (χ2v) is 5.23. The van der Waals surface area contributed by atoms with Gasteiger partial charge in [-0.3, -0.25) is 4.79 Å². The highest BCUT2D eigenvalue weighted by Crippen LogP contribution is 2.24. The van der Waals surface area contributed by atoms with Gasteiger partial charge in [0.2, 0.25) is 5.28 Å². The van der Waals surface area contributed by atoms with Crippen molar-refractivity contribution in [1.29, 1.82) is 0 Å². The van der Waals surface area contributed by atoms with Gasteiger partial charge < -0.3 is 11.1 Å². The SMILES string of the molecule is Nc1cc(C(=O)Nc2cc(Cl)nc(Cl)n2)c(Br)cc1F. The smallest absolute Gasteiger partial charge is 0.258 e. The summed E-state index contributed by atoms with van der Waals surface area (Å²) in [6.45, 7) is 0. The molecule has 0 bridgehead atoms. The molecule has 0 unspecified atom stereocenters. The molecule has 9 heteroatoms. The average molecular weight is 380 g/mol. The van der Waals surface area contributed by atoms with Crippen LogP contribution in [0.25, 0.3) is 0 Å². The molecule has 1 amide bonds. The molecule has 0 aliphatic heterocycles. The van der Waals surface area contributed by atoms with Crippen molar-refractivity contribution < 1.29 is 9.18 Å². The van der Waals surface area contributed by atoms with Crippen molar-refractivity contribution in [3.8, 4) is 0 Å². The molecule has 3 N–H and O–H groups in total. The molecular formula is C11H6BrCl2FN4O. The van der Waals surface area contributed by atoms with Crippen molar-refractivity contribution in [1.82, 2.24) is 9.97 Å². The highest BCUT2D eigenvalue weighted by molar-refractivity contribution is 9.10. The summed E-state index contributed by atoms with van der Waals surface area (Å²) in [5, 5.41) is 2.44. The van der Waals surface area contributed by atoms with Crippen LogP contribution < -0.4 is 11.1 Å². The van der Waals surface area contributed by atoms with Crippen molar-refractivity contribution in [2.24, 2.45) is 0 Å². The molecule has 1 heterocycles. The van der Waals surface area contributed by atoms with Crippen molar-refractivity contribution in [3.05, 3.63) is 44.5 Å². The first kappa shape index (κ1) is 15.0. The van der Waals surface area contributed by atoms with Crippen LogP contribution in [0.4, 0.5) is 15.9 Å². The van der Waals surface area contributed by atoms with E-state index in [0.29, 0.717) is 0 Å². The van der Waals surface area contributed by atoms with Gasteiger partial charge >= 0.3 is 0 Å². The third kappa shape index (κ3) is 3.36. The summed E-state index contributed by atoms with van der Waals surface area (Å²) < 4.78 is 13.5. The Balaban J connectivity index is 2.30. The predicted octanol–water partition coefficient (Wildman–Crippen LogP) is 3.52. The summed E-state index contributed by atoms with van der Waals surface area (Å²) in [6.07, 6.45) is 0. The molecule has 0 saturated heterocycles. The number of benzene rings is 1. The zero-order chi connectivity index (χ0) is 14.9. The van der Waals surface area contributed by atoms with E-state index >= 15 is 0 Å². The average Bonchev–Trinajstić information content (AvgIpc) is 2.32. The number of carbonyl (C=O) groups excluding carboxylic acids is 1. The summed E-state index contributed by atoms with van der Waals surface area (Å²) in [5.74, 6) is -1.05. The monoisotopic (exact) mass is 378 g/mol. The number of anilines is 2. The molecule has 0 fully saturated rings. The third-order valence-electron chi connectivity index (χ3n) is 2.24. The lowest BCUT2D eigenvalue weighted by molar-refractivity contribution is 0.102. The molecule has 0 aliphatic carbocycles. The molecule has 20 heavy (non-hydrogen) atoms. The van der Waals surface area contributed by atoms with Gasteiger partial charge in [-0.25, -0.2) is 14.4 Å². The normalized spacial score (nSPS) is 10.4. The van der Waals surface area contributed by atoms with Crippen molar-refractivity contribution >= 4 is 56.5 Å². The van der Waals surface area contributed by atoms with E-state index in [0.717, 1.165) is 6.07 Å². The van der Waals surface area contributed by atoms with E-state index in [1.165, 1.54) is 12.1 Å². The molecule has 104 valence electrons. The summed E-state index contributed by atoms with van der Waals surface area (Å²) in [5.41, 5.74) is 5.43. The fourth-order valence-corrected chi connectivity index (χ4v) is 2.28. The first-order valence-electron chi connectivity index (χ1n) is 5.13. The third-order valence-corrected chi connectivity index (χ3v) is 3.26. The van der Waals surface area contributed by atoms with Crippen LogP contribution in [0.3, 0.4) is 0 Å². The number of nitrogens with zero attached hydrogens (tertiary/aromatic N) is 2. The first-order valence-corrected chi connectivity index (χ1v) is 6.67. The first-order chi connectivity index (χ1) is 9.36. The maximum atomic E-state index is 13.2. The molecule has 2 aromatic rings. The van der Waals surface area contributed by atoms with E-state index in [1.54, 1.807) is 0 Å². The largest absolute Gasteiger partial charge is 0.396 e. The maximum absolute atomic E-state index is 13.2. The number of nitrogens with two attached hydrogens (primary N) is 1. The standard InChI is InChI=1S/C11H6BrCl2FN4O/c12-5-2-6(15)7(16)1-4(5)10(20)18-9-3-8(13)17-11(14)19-9/h1-3H,16H2,(H,17,18,19,20). The van der Waals surface area contributed by atoms with Crippen LogP contribution >= 0.6 is 39.1 Å². The molecule has 0 spiro atoms. The molecule has 1 aromatic heterocycles. The molecule has 0 aliphatic rings. The summed E-state index contributed by atoms with van der Waals surface area (Å²) in [4.78, 5) is 19.5. The second kappa shape index (κ2) is 5.90. The van der Waals surface area contributed by atoms with E-state index in [9.17, 15) is 9.18 Å². The summed E-state index contributed by atoms with van der Waals surface area (Å²) in [7, 11) is 0. The molecule has 2 rings (SSSR count). The van der Waals surface area contributed by atoms with Crippen LogP contribution in [-0.2, 0) is 0 Å². The topological polar surface area (TPSA) is 80.9 Å². The summed E-state index contributed by atoms with van der Waals surface area (Å²) in [6, 6.07) is 3.63. The zero-order valence-corrected chi connectivity index (χ0v) is 12.7. The Bertz CT molecular complexity index is 678. The van der Waals surface area contributed by atoms with Crippen LogP contribution in [0.1, 0.15) is 10.4 Å². The fourth-order valence-electron chi connectivity index (χ4n) is 1.38. The quantitative estimate of drug-likeness (QED) is 0.475. The second-order valence-electron chi connectivity index (χ2n) is 3.65. The molecule has 0 saturated carbocycles. The minimum absolute atomic E-state index is 0.0815. The summed E-state index contributed by atoms with van der Waals surface area (Å²) >= 11 is 14.4. The van der Waals surface area contributed by atoms with Crippen LogP contribution in [0.2, 0.25) is 10.4 Å². The van der Waals surface area contributed by atoms with Crippen LogP contribution in [-0.4, -0.2) is 15.9 Å². The lowest BCUT2D eigenvalue weighted by Gasteiger charge is -2.08. The number of aromatic nitrogens is 2. The zero-order valence-electron chi connectivity index (χ0n) is 9.62. The van der Waals surface area contributed by atoms with Gasteiger partial charge in [0, 0.05) is 10.5 Å². The lowest BCUT2D eigenvalue weighted by atomic mass is 10.2. The number of nitrogen functional groups attached to an aromatic ring is 1. The van der Waals surface area contributed by atoms with Crippen molar-refractivity contribution in [3.63, 3.8) is 0 Å². The van der Waals surface area contributed by atoms with Gasteiger partial charge in [-0.2, -0.15) is 0 Å². The number of carbonyl (C=O) groups is 1. The number of amides is 1. The van der Waals surface area contributed by atoms with Gasteiger partial charge in [-0.05, 0) is 39.7 Å². The number of hydrogen-bond donors (Lipinski definition) is 2. The van der Waals surface area contributed by atoms with E-state index < -0.39 is 11.7 Å². The maximum Gasteiger partial charge on any atom is 0.258 e. The number of halogens is 4. The molecule has 1 aromatic carbocycles. The Morgan fingerprint density at radius 1 is 1.30 bits per heavy atom. The van der Waals surface area contributed by atoms with Crippen LogP contribution in [0.15, 0.2) is 22.7 Å². The van der Waals surface area contributed by atoms with Crippen molar-refractivity contribution in [2.75, 3.05) is 11.1 Å². The Labute approximate surface area is 131 Å². The van der Waals surface area contributed by atoms with Crippen LogP contribution in [0, 0.1) is 5.82 Å². The van der Waals surface area contributed by atoms with E-state index in [2.05, 4.69) is 31.2 Å². The van der Waals surface area contributed by atoms with E-state index in [-0.39, 0.29) is 32.0 Å². The minimum Gasteiger partial charge on any atom is -0.396 e. The van der Waals surface area contributed by atoms with Gasteiger partial charge in [-0.1, -0.05) is 11.6 Å². The molecule has 5 nitrogen and oxygen atoms in total. The molecule has 0 radical (unpaired) electrons. The minimum atomic E-state index is -0.624. The number of rotatable bonds is 2. The van der Waals surface area contributed by atoms with Gasteiger partial charge in [0.15, 0.2) is 0 Å². The Hall–Kier alpha value is -1.44. The Morgan fingerprint density at radius 3 is 2.65 bits per heavy atom. The van der Waals surface area contributed by atoms with E-state index in [4.69, 9.17) is 28.9 Å². The van der Waals surface area contributed by atoms with Crippen molar-refractivity contribution in [2.45, 2.75) is 0 Å². The van der Waals surface area contributed by atoms with Gasteiger partial charge in [-0.15, -0.1) is 0 Å². The Morgan fingerprint density at radius 2 is 2.00 bits per heavy atom. The highest BCUT2D eigenvalue weighted by atomic mass is 79.9. The number of nitrogens with one attached hydrogen (secondary N) is 1. The fraction of sp³-hybridized carbons (Fsp3) is 0. The van der Waals surface area contributed by atoms with E-state index in [1.807, 2.05) is 0 Å². The van der Waals surface area contributed by atoms with Gasteiger partial charge in [0.1, 0.15) is 16.8 Å².